The molecule has 0 aromatic carbocycles. The highest BCUT2D eigenvalue weighted by Gasteiger charge is 2.47. The van der Waals surface area contributed by atoms with Crippen LogP contribution < -0.4 is 5.32 Å². The van der Waals surface area contributed by atoms with E-state index in [-0.39, 0.29) is 23.8 Å². The number of aliphatic hydroxyl groups is 3. The topological polar surface area (TPSA) is 85.1 Å². The molecule has 0 spiro atoms. The zero-order valence-electron chi connectivity index (χ0n) is 9.21. The fraction of sp³-hybridized carbons (Fsp3) is 0.900. The maximum absolute atomic E-state index is 9.94. The van der Waals surface area contributed by atoms with Gasteiger partial charge in [-0.15, -0.1) is 0 Å². The van der Waals surface area contributed by atoms with Gasteiger partial charge in [0.15, 0.2) is 5.17 Å². The molecule has 1 saturated carbocycles. The van der Waals surface area contributed by atoms with Crippen molar-refractivity contribution in [3.63, 3.8) is 0 Å². The molecule has 1 heterocycles. The molecule has 6 heteroatoms. The molecule has 4 N–H and O–H groups in total. The second kappa shape index (κ2) is 4.91. The van der Waals surface area contributed by atoms with Crippen molar-refractivity contribution in [1.29, 1.82) is 0 Å². The van der Waals surface area contributed by atoms with Gasteiger partial charge in [-0.25, -0.2) is 0 Å². The summed E-state index contributed by atoms with van der Waals surface area (Å²) in [6.45, 7) is 2.58. The Morgan fingerprint density at radius 1 is 1.44 bits per heavy atom. The van der Waals surface area contributed by atoms with Crippen LogP contribution in [-0.4, -0.2) is 57.1 Å². The largest absolute Gasteiger partial charge is 0.396 e. The van der Waals surface area contributed by atoms with Gasteiger partial charge in [-0.1, -0.05) is 11.8 Å². The zero-order valence-corrected chi connectivity index (χ0v) is 10.0. The summed E-state index contributed by atoms with van der Waals surface area (Å²) in [6, 6.07) is -0.145. The Labute approximate surface area is 99.0 Å². The molecular formula is C10H18N2O3S. The van der Waals surface area contributed by atoms with Crippen LogP contribution in [-0.2, 0) is 0 Å². The molecule has 0 bridgehead atoms. The molecule has 0 radical (unpaired) electrons. The van der Waals surface area contributed by atoms with Crippen LogP contribution >= 0.6 is 11.8 Å². The lowest BCUT2D eigenvalue weighted by molar-refractivity contribution is -0.0680. The maximum Gasteiger partial charge on any atom is 0.157 e. The van der Waals surface area contributed by atoms with Crippen molar-refractivity contribution >= 4 is 16.9 Å². The number of nitrogens with one attached hydrogen (secondary N) is 1. The second-order valence-electron chi connectivity index (χ2n) is 4.27. The van der Waals surface area contributed by atoms with Gasteiger partial charge in [0.2, 0.25) is 0 Å². The summed E-state index contributed by atoms with van der Waals surface area (Å²) in [4.78, 5) is 4.27. The van der Waals surface area contributed by atoms with E-state index in [4.69, 9.17) is 5.11 Å². The minimum Gasteiger partial charge on any atom is -0.396 e. The molecule has 0 amide bonds. The summed E-state index contributed by atoms with van der Waals surface area (Å²) in [5.41, 5.74) is 0. The van der Waals surface area contributed by atoms with Gasteiger partial charge in [0.1, 0.15) is 6.10 Å². The lowest BCUT2D eigenvalue weighted by Crippen LogP contribution is -2.56. The van der Waals surface area contributed by atoms with Crippen LogP contribution in [0, 0.1) is 5.92 Å². The summed E-state index contributed by atoms with van der Waals surface area (Å²) < 4.78 is 0. The highest BCUT2D eigenvalue weighted by molar-refractivity contribution is 8.14. The summed E-state index contributed by atoms with van der Waals surface area (Å²) in [5, 5.41) is 33.1. The van der Waals surface area contributed by atoms with Crippen LogP contribution in [0.3, 0.4) is 0 Å². The van der Waals surface area contributed by atoms with Crippen molar-refractivity contribution in [3.05, 3.63) is 0 Å². The van der Waals surface area contributed by atoms with Crippen molar-refractivity contribution in [2.75, 3.05) is 13.2 Å². The van der Waals surface area contributed by atoms with Crippen molar-refractivity contribution in [2.24, 2.45) is 10.9 Å². The van der Waals surface area contributed by atoms with Crippen molar-refractivity contribution in [1.82, 2.24) is 5.32 Å². The molecule has 1 saturated heterocycles. The molecule has 92 valence electrons. The summed E-state index contributed by atoms with van der Waals surface area (Å²) >= 11 is 1.60. The zero-order chi connectivity index (χ0) is 11.7. The lowest BCUT2D eigenvalue weighted by atomic mass is 9.81. The molecular weight excluding hydrogens is 228 g/mol. The monoisotopic (exact) mass is 246 g/mol. The first kappa shape index (κ1) is 12.2. The highest BCUT2D eigenvalue weighted by atomic mass is 32.2. The first-order chi connectivity index (χ1) is 7.67. The standard InChI is InChI=1S/C10H18N2O3S/c1-2-11-10-12-7-6(16-10)3-5(4-13)8(14)9(7)15/h5-9,13-15H,2-4H2,1H3,(H,11,12)/t5-,6+,7+,8-,9-/m1/s1. The van der Waals surface area contributed by atoms with E-state index in [1.165, 1.54) is 0 Å². The number of hydrogen-bond donors (Lipinski definition) is 4. The van der Waals surface area contributed by atoms with Crippen LogP contribution in [0.5, 0.6) is 0 Å². The SMILES string of the molecule is CCN=C1N[C@@H]2[C@@H](O)[C@H](O)[C@@H](CO)C[C@@H]2S1. The summed E-state index contributed by atoms with van der Waals surface area (Å²) in [5.74, 6) is -0.230. The lowest BCUT2D eigenvalue weighted by Gasteiger charge is -2.37. The van der Waals surface area contributed by atoms with Crippen LogP contribution in [0.2, 0.25) is 0 Å². The fourth-order valence-corrected chi connectivity index (χ4v) is 3.74. The normalized spacial score (nSPS) is 45.5. The van der Waals surface area contributed by atoms with E-state index in [9.17, 15) is 10.2 Å². The van der Waals surface area contributed by atoms with Crippen molar-refractivity contribution in [2.45, 2.75) is 36.8 Å². The number of rotatable bonds is 2. The van der Waals surface area contributed by atoms with E-state index in [1.54, 1.807) is 11.8 Å². The third-order valence-corrected chi connectivity index (χ3v) is 4.48. The molecule has 0 aromatic heterocycles. The number of hydrogen-bond acceptors (Lipinski definition) is 5. The fourth-order valence-electron chi connectivity index (χ4n) is 2.32. The van der Waals surface area contributed by atoms with Crippen LogP contribution in [0.25, 0.3) is 0 Å². The van der Waals surface area contributed by atoms with E-state index in [0.717, 1.165) is 5.17 Å². The minimum atomic E-state index is -0.847. The number of aliphatic hydroxyl groups excluding tert-OH is 3. The van der Waals surface area contributed by atoms with E-state index in [2.05, 4.69) is 10.3 Å². The van der Waals surface area contributed by atoms with E-state index < -0.39 is 12.2 Å². The molecule has 5 atom stereocenters. The number of aliphatic imine (C=N–C) groups is 1. The average Bonchev–Trinajstić information content (AvgIpc) is 2.67. The van der Waals surface area contributed by atoms with Crippen LogP contribution in [0.4, 0.5) is 0 Å². The van der Waals surface area contributed by atoms with Gasteiger partial charge in [0.25, 0.3) is 0 Å². The number of nitrogens with zero attached hydrogens (tertiary/aromatic N) is 1. The first-order valence-corrected chi connectivity index (χ1v) is 6.50. The Hall–Kier alpha value is -0.300. The molecule has 0 unspecified atom stereocenters. The quantitative estimate of drug-likeness (QED) is 0.511. The minimum absolute atomic E-state index is 0.0811. The van der Waals surface area contributed by atoms with Gasteiger partial charge in [0, 0.05) is 24.3 Å². The van der Waals surface area contributed by atoms with Gasteiger partial charge in [-0.05, 0) is 13.3 Å². The predicted octanol–water partition coefficient (Wildman–Crippen LogP) is -0.830. The van der Waals surface area contributed by atoms with E-state index in [1.807, 2.05) is 6.92 Å². The molecule has 16 heavy (non-hydrogen) atoms. The Morgan fingerprint density at radius 2 is 2.19 bits per heavy atom. The Morgan fingerprint density at radius 3 is 2.81 bits per heavy atom. The third-order valence-electron chi connectivity index (χ3n) is 3.23. The van der Waals surface area contributed by atoms with Gasteiger partial charge in [-0.3, -0.25) is 4.99 Å². The molecule has 1 aliphatic heterocycles. The van der Waals surface area contributed by atoms with Gasteiger partial charge < -0.3 is 20.6 Å². The Bertz CT molecular complexity index is 287. The number of fused-ring (bicyclic) bond motifs is 1. The first-order valence-electron chi connectivity index (χ1n) is 5.62. The van der Waals surface area contributed by atoms with Crippen LogP contribution in [0.15, 0.2) is 4.99 Å². The van der Waals surface area contributed by atoms with Crippen LogP contribution in [0.1, 0.15) is 13.3 Å². The Kier molecular flexibility index (Phi) is 3.73. The Balaban J connectivity index is 2.10. The molecule has 0 aromatic rings. The predicted molar refractivity (Wildman–Crippen MR) is 63.5 cm³/mol. The molecule has 1 aliphatic carbocycles. The van der Waals surface area contributed by atoms with E-state index >= 15 is 0 Å². The molecule has 2 rings (SSSR count). The van der Waals surface area contributed by atoms with E-state index in [0.29, 0.717) is 13.0 Å². The number of amidine groups is 1. The summed E-state index contributed by atoms with van der Waals surface area (Å²) in [6.07, 6.45) is -0.965. The summed E-state index contributed by atoms with van der Waals surface area (Å²) in [7, 11) is 0. The second-order valence-corrected chi connectivity index (χ2v) is 5.49. The smallest absolute Gasteiger partial charge is 0.157 e. The average molecular weight is 246 g/mol. The molecule has 2 fully saturated rings. The number of thioether (sulfide) groups is 1. The van der Waals surface area contributed by atoms with Crippen molar-refractivity contribution < 1.29 is 15.3 Å². The van der Waals surface area contributed by atoms with Gasteiger partial charge >= 0.3 is 0 Å². The maximum atomic E-state index is 9.94. The third kappa shape index (κ3) is 2.07. The van der Waals surface area contributed by atoms with Crippen molar-refractivity contribution in [3.8, 4) is 0 Å². The highest BCUT2D eigenvalue weighted by Crippen LogP contribution is 2.37. The van der Waals surface area contributed by atoms with Gasteiger partial charge in [-0.2, -0.15) is 0 Å². The molecule has 2 aliphatic rings. The molecule has 5 nitrogen and oxygen atoms in total. The van der Waals surface area contributed by atoms with Gasteiger partial charge in [0.05, 0.1) is 12.1 Å².